The minimum Gasteiger partial charge on any atom is -0.454 e. The van der Waals surface area contributed by atoms with Crippen molar-refractivity contribution in [1.82, 2.24) is 10.2 Å². The van der Waals surface area contributed by atoms with Gasteiger partial charge in [0.25, 0.3) is 0 Å². The summed E-state index contributed by atoms with van der Waals surface area (Å²) < 4.78 is 26.7. The number of likely N-dealkylation sites (tertiary alicyclic amines) is 1. The zero-order valence-corrected chi connectivity index (χ0v) is 22.3. The molecule has 2 aliphatic rings. The fourth-order valence-electron chi connectivity index (χ4n) is 5.77. The Morgan fingerprint density at radius 1 is 1.22 bits per heavy atom. The van der Waals surface area contributed by atoms with Gasteiger partial charge in [-0.05, 0) is 82.7 Å². The number of benzene rings is 2. The molecule has 202 valence electrons. The number of para-hydroxylation sites is 2. The van der Waals surface area contributed by atoms with Crippen molar-refractivity contribution in [3.05, 3.63) is 59.4 Å². The van der Waals surface area contributed by atoms with E-state index in [1.807, 2.05) is 37.1 Å². The molecular weight excluding hydrogens is 471 g/mol. The Balaban J connectivity index is 1.63. The van der Waals surface area contributed by atoms with E-state index in [1.165, 1.54) is 6.07 Å². The Hall–Kier alpha value is -2.48. The minimum absolute atomic E-state index is 0.0609. The van der Waals surface area contributed by atoms with Gasteiger partial charge in [-0.15, -0.1) is 0 Å². The maximum Gasteiger partial charge on any atom is 0.226 e. The topological polar surface area (TPSA) is 71.0 Å². The molecule has 2 aromatic rings. The zero-order chi connectivity index (χ0) is 26.4. The van der Waals surface area contributed by atoms with E-state index in [4.69, 9.17) is 9.47 Å². The smallest absolute Gasteiger partial charge is 0.226 e. The standard InChI is InChI=1S/C30H41FN2O4/c1-21-10-4-5-14-27(21)37-28-25(12-8-13-26(28)31)30(35,15-6-7-17-36-3)23-11-9-16-33(20-23)29(34)24-18-22(24)19-32-2/h4-5,8,10,12-14,22-24,32,35H,6-7,9,11,15-20H2,1-3H3/t22-,23+,24?,30-/m0/s1. The molecule has 1 saturated heterocycles. The van der Waals surface area contributed by atoms with Crippen molar-refractivity contribution in [3.8, 4) is 11.5 Å². The number of piperidine rings is 1. The number of amides is 1. The zero-order valence-electron chi connectivity index (χ0n) is 22.3. The fourth-order valence-corrected chi connectivity index (χ4v) is 5.77. The monoisotopic (exact) mass is 512 g/mol. The first-order valence-corrected chi connectivity index (χ1v) is 13.6. The normalized spacial score (nSPS) is 22.9. The van der Waals surface area contributed by atoms with Crippen LogP contribution >= 0.6 is 0 Å². The average molecular weight is 513 g/mol. The number of hydrogen-bond acceptors (Lipinski definition) is 5. The molecule has 2 fully saturated rings. The van der Waals surface area contributed by atoms with Gasteiger partial charge in [0.15, 0.2) is 11.6 Å². The van der Waals surface area contributed by atoms with Gasteiger partial charge >= 0.3 is 0 Å². The third-order valence-corrected chi connectivity index (χ3v) is 8.01. The van der Waals surface area contributed by atoms with Crippen LogP contribution in [0, 0.1) is 30.5 Å². The molecule has 1 heterocycles. The summed E-state index contributed by atoms with van der Waals surface area (Å²) in [5.74, 6) is 0.523. The quantitative estimate of drug-likeness (QED) is 0.391. The predicted octanol–water partition coefficient (Wildman–Crippen LogP) is 5.02. The lowest BCUT2D eigenvalue weighted by atomic mass is 9.73. The average Bonchev–Trinajstić information content (AvgIpc) is 3.68. The van der Waals surface area contributed by atoms with Gasteiger partial charge in [0.05, 0.1) is 5.60 Å². The van der Waals surface area contributed by atoms with Crippen LogP contribution in [0.2, 0.25) is 0 Å². The maximum absolute atomic E-state index is 15.3. The lowest BCUT2D eigenvalue weighted by Crippen LogP contribution is -2.49. The van der Waals surface area contributed by atoms with Crippen molar-refractivity contribution in [2.75, 3.05) is 40.4 Å². The van der Waals surface area contributed by atoms with Gasteiger partial charge in [0.2, 0.25) is 5.91 Å². The van der Waals surface area contributed by atoms with Crippen LogP contribution in [0.25, 0.3) is 0 Å². The molecule has 2 N–H and O–H groups in total. The van der Waals surface area contributed by atoms with Gasteiger partial charge in [0, 0.05) is 44.2 Å². The number of ether oxygens (including phenoxy) is 2. The highest BCUT2D eigenvalue weighted by Gasteiger charge is 2.48. The van der Waals surface area contributed by atoms with Crippen molar-refractivity contribution < 1.29 is 23.8 Å². The summed E-state index contributed by atoms with van der Waals surface area (Å²) in [5.41, 5.74) is -0.0110. The molecule has 37 heavy (non-hydrogen) atoms. The van der Waals surface area contributed by atoms with Gasteiger partial charge in [-0.3, -0.25) is 4.79 Å². The molecule has 0 bridgehead atoms. The Morgan fingerprint density at radius 3 is 2.78 bits per heavy atom. The van der Waals surface area contributed by atoms with E-state index < -0.39 is 11.4 Å². The number of unbranched alkanes of at least 4 members (excludes halogenated alkanes) is 1. The van der Waals surface area contributed by atoms with Crippen molar-refractivity contribution in [1.29, 1.82) is 0 Å². The number of halogens is 1. The van der Waals surface area contributed by atoms with Crippen LogP contribution in [-0.2, 0) is 15.1 Å². The van der Waals surface area contributed by atoms with Crippen LogP contribution in [0.5, 0.6) is 11.5 Å². The Morgan fingerprint density at radius 2 is 2.03 bits per heavy atom. The maximum atomic E-state index is 15.3. The number of aliphatic hydroxyl groups is 1. The van der Waals surface area contributed by atoms with Gasteiger partial charge < -0.3 is 24.8 Å². The molecule has 7 heteroatoms. The van der Waals surface area contributed by atoms with Crippen LogP contribution in [0.1, 0.15) is 49.7 Å². The SMILES string of the molecule is CNC[C@@H]1CC1C(=O)N1CCC[C@@H]([C@@](O)(CCCCOC)c2cccc(F)c2Oc2ccccc2C)C1. The number of carbonyl (C=O) groups is 1. The predicted molar refractivity (Wildman–Crippen MR) is 142 cm³/mol. The Kier molecular flexibility index (Phi) is 9.22. The molecule has 4 rings (SSSR count). The number of methoxy groups -OCH3 is 1. The summed E-state index contributed by atoms with van der Waals surface area (Å²) in [7, 11) is 3.58. The number of nitrogens with zero attached hydrogens (tertiary/aromatic N) is 1. The molecule has 1 aliphatic heterocycles. The van der Waals surface area contributed by atoms with Gasteiger partial charge in [0.1, 0.15) is 5.75 Å². The first-order chi connectivity index (χ1) is 17.9. The number of nitrogens with one attached hydrogen (secondary N) is 1. The van der Waals surface area contributed by atoms with E-state index in [1.54, 1.807) is 25.3 Å². The lowest BCUT2D eigenvalue weighted by Gasteiger charge is -2.43. The second kappa shape index (κ2) is 12.4. The van der Waals surface area contributed by atoms with Gasteiger partial charge in [-0.2, -0.15) is 0 Å². The molecule has 4 atom stereocenters. The van der Waals surface area contributed by atoms with E-state index in [9.17, 15) is 9.90 Å². The van der Waals surface area contributed by atoms with Crippen molar-refractivity contribution in [2.45, 2.75) is 51.0 Å². The summed E-state index contributed by atoms with van der Waals surface area (Å²) in [5, 5.41) is 15.6. The number of carbonyl (C=O) groups excluding carboxylic acids is 1. The van der Waals surface area contributed by atoms with Crippen LogP contribution in [0.15, 0.2) is 42.5 Å². The first kappa shape index (κ1) is 27.6. The molecular formula is C30H41FN2O4. The molecule has 0 radical (unpaired) electrons. The highest BCUT2D eigenvalue weighted by atomic mass is 19.1. The van der Waals surface area contributed by atoms with E-state index >= 15 is 4.39 Å². The van der Waals surface area contributed by atoms with Crippen LogP contribution in [-0.4, -0.2) is 56.3 Å². The Labute approximate surface area is 220 Å². The highest BCUT2D eigenvalue weighted by Crippen LogP contribution is 2.46. The second-order valence-electron chi connectivity index (χ2n) is 10.6. The largest absolute Gasteiger partial charge is 0.454 e. The molecule has 1 saturated carbocycles. The molecule has 0 spiro atoms. The van der Waals surface area contributed by atoms with Gasteiger partial charge in [-0.1, -0.05) is 30.3 Å². The molecule has 1 amide bonds. The van der Waals surface area contributed by atoms with Crippen molar-refractivity contribution in [2.24, 2.45) is 17.8 Å². The third-order valence-electron chi connectivity index (χ3n) is 8.01. The van der Waals surface area contributed by atoms with Crippen LogP contribution in [0.3, 0.4) is 0 Å². The summed E-state index contributed by atoms with van der Waals surface area (Å²) in [6.07, 6.45) is 4.41. The molecule has 1 unspecified atom stereocenters. The summed E-state index contributed by atoms with van der Waals surface area (Å²) in [6, 6.07) is 12.3. The molecule has 1 aliphatic carbocycles. The molecule has 2 aromatic carbocycles. The summed E-state index contributed by atoms with van der Waals surface area (Å²) >= 11 is 0. The van der Waals surface area contributed by atoms with E-state index in [2.05, 4.69) is 5.32 Å². The van der Waals surface area contributed by atoms with Crippen molar-refractivity contribution in [3.63, 3.8) is 0 Å². The Bertz CT molecular complexity index is 1060. The summed E-state index contributed by atoms with van der Waals surface area (Å²) in [4.78, 5) is 15.2. The third kappa shape index (κ3) is 6.33. The summed E-state index contributed by atoms with van der Waals surface area (Å²) in [6.45, 7) is 4.52. The van der Waals surface area contributed by atoms with Gasteiger partial charge in [-0.25, -0.2) is 4.39 Å². The van der Waals surface area contributed by atoms with Crippen LogP contribution in [0.4, 0.5) is 4.39 Å². The minimum atomic E-state index is -1.35. The molecule has 0 aromatic heterocycles. The van der Waals surface area contributed by atoms with E-state index in [0.717, 1.165) is 37.8 Å². The number of rotatable bonds is 12. The second-order valence-corrected chi connectivity index (χ2v) is 10.6. The van der Waals surface area contributed by atoms with Crippen LogP contribution < -0.4 is 10.1 Å². The first-order valence-electron chi connectivity index (χ1n) is 13.6. The molecule has 6 nitrogen and oxygen atoms in total. The number of hydrogen-bond donors (Lipinski definition) is 2. The number of aryl methyl sites for hydroxylation is 1. The lowest BCUT2D eigenvalue weighted by molar-refractivity contribution is -0.138. The van der Waals surface area contributed by atoms with E-state index in [0.29, 0.717) is 49.8 Å². The fraction of sp³-hybridized carbons (Fsp3) is 0.567. The highest BCUT2D eigenvalue weighted by molar-refractivity contribution is 5.81. The van der Waals surface area contributed by atoms with E-state index in [-0.39, 0.29) is 23.5 Å². The van der Waals surface area contributed by atoms with Crippen molar-refractivity contribution >= 4 is 5.91 Å².